The number of carbonyl (C=O) groups excluding carboxylic acids is 2. The lowest BCUT2D eigenvalue weighted by Gasteiger charge is -2.31. The molecule has 0 aromatic heterocycles. The minimum Gasteiger partial charge on any atom is -0.454 e. The number of likely N-dealkylation sites (N-methyl/N-ethyl adjacent to an activating group) is 1. The Balaban J connectivity index is 1.78. The van der Waals surface area contributed by atoms with E-state index in [-0.39, 0.29) is 44.5 Å². The Kier molecular flexibility index (Phi) is 9.92. The summed E-state index contributed by atoms with van der Waals surface area (Å²) in [5.41, 5.74) is 1.07. The van der Waals surface area contributed by atoms with Crippen LogP contribution in [-0.2, 0) is 26.2 Å². The van der Waals surface area contributed by atoms with Gasteiger partial charge in [0.1, 0.15) is 6.04 Å². The van der Waals surface area contributed by atoms with Crippen molar-refractivity contribution in [2.24, 2.45) is 0 Å². The molecule has 1 N–H and O–H groups in total. The molecule has 1 aliphatic rings. The van der Waals surface area contributed by atoms with Crippen molar-refractivity contribution in [1.29, 1.82) is 0 Å². The van der Waals surface area contributed by atoms with Gasteiger partial charge in [-0.25, -0.2) is 8.42 Å². The smallest absolute Gasteiger partial charge is 0.242 e. The Labute approximate surface area is 227 Å². The fraction of sp³-hybridized carbons (Fsp3) is 0.440. The number of halogens is 2. The van der Waals surface area contributed by atoms with E-state index in [9.17, 15) is 18.0 Å². The maximum atomic E-state index is 13.4. The summed E-state index contributed by atoms with van der Waals surface area (Å²) in [4.78, 5) is 27.7. The summed E-state index contributed by atoms with van der Waals surface area (Å²) in [5, 5.41) is 3.64. The molecule has 0 aliphatic carbocycles. The lowest BCUT2D eigenvalue weighted by Crippen LogP contribution is -2.49. The van der Waals surface area contributed by atoms with Crippen molar-refractivity contribution in [2.45, 2.75) is 45.7 Å². The summed E-state index contributed by atoms with van der Waals surface area (Å²) in [5.74, 6) is 0.450. The number of hydrogen-bond donors (Lipinski definition) is 1. The fourth-order valence-corrected chi connectivity index (χ4v) is 5.51. The minimum absolute atomic E-state index is 0.0255. The zero-order chi connectivity index (χ0) is 27.2. The third kappa shape index (κ3) is 7.43. The number of sulfonamides is 1. The van der Waals surface area contributed by atoms with Crippen LogP contribution >= 0.6 is 23.2 Å². The molecule has 1 aliphatic heterocycles. The highest BCUT2D eigenvalue weighted by Crippen LogP contribution is 2.36. The molecule has 202 valence electrons. The summed E-state index contributed by atoms with van der Waals surface area (Å²) in [7, 11) is -3.64. The zero-order valence-corrected chi connectivity index (χ0v) is 23.3. The van der Waals surface area contributed by atoms with Crippen LogP contribution in [0.2, 0.25) is 10.0 Å². The van der Waals surface area contributed by atoms with Crippen LogP contribution in [0.3, 0.4) is 0 Å². The molecular weight excluding hydrogens is 541 g/mol. The number of carbonyl (C=O) groups is 2. The first kappa shape index (κ1) is 28.9. The first-order valence-corrected chi connectivity index (χ1v) is 14.5. The van der Waals surface area contributed by atoms with Gasteiger partial charge in [0.25, 0.3) is 0 Å². The lowest BCUT2D eigenvalue weighted by molar-refractivity contribution is -0.141. The van der Waals surface area contributed by atoms with E-state index in [1.807, 2.05) is 13.8 Å². The number of amides is 2. The molecule has 1 heterocycles. The summed E-state index contributed by atoms with van der Waals surface area (Å²) in [6.45, 7) is 4.32. The third-order valence-corrected chi connectivity index (χ3v) is 7.67. The topological polar surface area (TPSA) is 105 Å². The standard InChI is InChI=1S/C25H31Cl2N3O6S/c1-4-21(25(32)28-5-2)29(15-17-8-9-18(26)13-20(17)27)24(31)7-6-12-30(37(3,33)34)19-10-11-22-23(14-19)36-16-35-22/h8-11,13-14,21H,4-7,12,15-16H2,1-3H3,(H,28,32). The molecule has 0 saturated heterocycles. The second-order valence-electron chi connectivity index (χ2n) is 8.55. The fourth-order valence-electron chi connectivity index (χ4n) is 4.09. The van der Waals surface area contributed by atoms with Gasteiger partial charge >= 0.3 is 0 Å². The number of rotatable bonds is 12. The summed E-state index contributed by atoms with van der Waals surface area (Å²) >= 11 is 12.4. The molecule has 2 aromatic rings. The average Bonchev–Trinajstić information content (AvgIpc) is 3.30. The molecule has 0 saturated carbocycles. The van der Waals surface area contributed by atoms with E-state index in [2.05, 4.69) is 5.32 Å². The first-order valence-electron chi connectivity index (χ1n) is 11.9. The van der Waals surface area contributed by atoms with Gasteiger partial charge in [0.2, 0.25) is 28.6 Å². The summed E-state index contributed by atoms with van der Waals surface area (Å²) < 4.78 is 37.0. The van der Waals surface area contributed by atoms with Crippen LogP contribution < -0.4 is 19.1 Å². The van der Waals surface area contributed by atoms with E-state index < -0.39 is 16.1 Å². The lowest BCUT2D eigenvalue weighted by atomic mass is 10.1. The maximum Gasteiger partial charge on any atom is 0.242 e. The van der Waals surface area contributed by atoms with Gasteiger partial charge in [-0.2, -0.15) is 0 Å². The predicted octanol–water partition coefficient (Wildman–Crippen LogP) is 4.21. The van der Waals surface area contributed by atoms with Crippen molar-refractivity contribution >= 4 is 50.7 Å². The van der Waals surface area contributed by atoms with Crippen LogP contribution in [0.15, 0.2) is 36.4 Å². The first-order chi connectivity index (χ1) is 17.5. The van der Waals surface area contributed by atoms with Crippen molar-refractivity contribution in [3.63, 3.8) is 0 Å². The number of benzene rings is 2. The van der Waals surface area contributed by atoms with Crippen LogP contribution in [0, 0.1) is 0 Å². The monoisotopic (exact) mass is 571 g/mol. The number of ether oxygens (including phenoxy) is 2. The van der Waals surface area contributed by atoms with Crippen LogP contribution in [0.4, 0.5) is 5.69 Å². The normalized spacial score (nSPS) is 13.2. The van der Waals surface area contributed by atoms with Crippen LogP contribution in [0.5, 0.6) is 11.5 Å². The van der Waals surface area contributed by atoms with Gasteiger partial charge in [0.15, 0.2) is 11.5 Å². The molecule has 9 nitrogen and oxygen atoms in total. The Morgan fingerprint density at radius 1 is 1.08 bits per heavy atom. The van der Waals surface area contributed by atoms with E-state index in [4.69, 9.17) is 32.7 Å². The van der Waals surface area contributed by atoms with Crippen LogP contribution in [0.25, 0.3) is 0 Å². The second-order valence-corrected chi connectivity index (χ2v) is 11.3. The Hall–Kier alpha value is -2.69. The molecule has 1 unspecified atom stereocenters. The van der Waals surface area contributed by atoms with Crippen molar-refractivity contribution < 1.29 is 27.5 Å². The molecule has 0 radical (unpaired) electrons. The van der Waals surface area contributed by atoms with Gasteiger partial charge in [0, 0.05) is 42.2 Å². The molecule has 0 spiro atoms. The SMILES string of the molecule is CCNC(=O)C(CC)N(Cc1ccc(Cl)cc1Cl)C(=O)CCCN(c1ccc2c(c1)OCO2)S(C)(=O)=O. The molecule has 12 heteroatoms. The van der Waals surface area contributed by atoms with Crippen molar-refractivity contribution in [3.05, 3.63) is 52.0 Å². The minimum atomic E-state index is -3.64. The Morgan fingerprint density at radius 3 is 2.46 bits per heavy atom. The van der Waals surface area contributed by atoms with Gasteiger partial charge in [-0.1, -0.05) is 36.2 Å². The average molecular weight is 573 g/mol. The molecule has 1 atom stereocenters. The zero-order valence-electron chi connectivity index (χ0n) is 21.0. The third-order valence-electron chi connectivity index (χ3n) is 5.89. The van der Waals surface area contributed by atoms with Crippen molar-refractivity contribution in [1.82, 2.24) is 10.2 Å². The number of nitrogens with one attached hydrogen (secondary N) is 1. The number of hydrogen-bond acceptors (Lipinski definition) is 6. The quantitative estimate of drug-likeness (QED) is 0.409. The van der Waals surface area contributed by atoms with Crippen molar-refractivity contribution in [3.8, 4) is 11.5 Å². The summed E-state index contributed by atoms with van der Waals surface area (Å²) in [6.07, 6.45) is 1.76. The van der Waals surface area contributed by atoms with Gasteiger partial charge < -0.3 is 19.7 Å². The molecule has 2 amide bonds. The molecule has 2 aromatic carbocycles. The van der Waals surface area contributed by atoms with Gasteiger partial charge in [-0.05, 0) is 49.6 Å². The van der Waals surface area contributed by atoms with E-state index in [1.54, 1.807) is 36.4 Å². The molecule has 37 heavy (non-hydrogen) atoms. The highest BCUT2D eigenvalue weighted by molar-refractivity contribution is 7.92. The molecule has 3 rings (SSSR count). The maximum absolute atomic E-state index is 13.4. The summed E-state index contributed by atoms with van der Waals surface area (Å²) in [6, 6.07) is 9.16. The van der Waals surface area contributed by atoms with Gasteiger partial charge in [-0.15, -0.1) is 0 Å². The highest BCUT2D eigenvalue weighted by atomic mass is 35.5. The molecule has 0 fully saturated rings. The van der Waals surface area contributed by atoms with E-state index >= 15 is 0 Å². The molecular formula is C25H31Cl2N3O6S. The second kappa shape index (κ2) is 12.7. The van der Waals surface area contributed by atoms with E-state index in [1.165, 1.54) is 9.21 Å². The van der Waals surface area contributed by atoms with Crippen molar-refractivity contribution in [2.75, 3.05) is 30.4 Å². The van der Waals surface area contributed by atoms with E-state index in [0.717, 1.165) is 6.26 Å². The van der Waals surface area contributed by atoms with E-state index in [0.29, 0.717) is 45.8 Å². The van der Waals surface area contributed by atoms with Crippen LogP contribution in [0.1, 0.15) is 38.7 Å². The predicted molar refractivity (Wildman–Crippen MR) is 144 cm³/mol. The van der Waals surface area contributed by atoms with Gasteiger partial charge in [0.05, 0.1) is 11.9 Å². The largest absolute Gasteiger partial charge is 0.454 e. The highest BCUT2D eigenvalue weighted by Gasteiger charge is 2.29. The molecule has 0 bridgehead atoms. The van der Waals surface area contributed by atoms with Gasteiger partial charge in [-0.3, -0.25) is 13.9 Å². The Bertz CT molecular complexity index is 1240. The number of nitrogens with zero attached hydrogens (tertiary/aromatic N) is 2. The number of fused-ring (bicyclic) bond motifs is 1. The van der Waals surface area contributed by atoms with Crippen LogP contribution in [-0.4, -0.2) is 57.3 Å². The Morgan fingerprint density at radius 2 is 1.81 bits per heavy atom. The number of anilines is 1.